The third kappa shape index (κ3) is 3.38. The average molecular weight is 208 g/mol. The van der Waals surface area contributed by atoms with Crippen LogP contribution in [-0.4, -0.2) is 15.5 Å². The molecule has 3 N–H and O–H groups in total. The molecular formula is C11H20N4. The summed E-state index contributed by atoms with van der Waals surface area (Å²) in [5.41, 5.74) is 6.85. The van der Waals surface area contributed by atoms with Crippen LogP contribution in [0.5, 0.6) is 0 Å². The molecular weight excluding hydrogens is 188 g/mol. The molecule has 0 atom stereocenters. The molecule has 0 unspecified atom stereocenters. The number of rotatable bonds is 3. The highest BCUT2D eigenvalue weighted by Gasteiger charge is 2.14. The molecule has 0 spiro atoms. The van der Waals surface area contributed by atoms with E-state index in [0.29, 0.717) is 5.82 Å². The van der Waals surface area contributed by atoms with Gasteiger partial charge in [-0.25, -0.2) is 9.97 Å². The van der Waals surface area contributed by atoms with Crippen molar-refractivity contribution in [3.8, 4) is 0 Å². The summed E-state index contributed by atoms with van der Waals surface area (Å²) in [5, 5.41) is 3.34. The van der Waals surface area contributed by atoms with Crippen LogP contribution in [0.2, 0.25) is 0 Å². The second-order valence-corrected chi connectivity index (χ2v) is 4.71. The monoisotopic (exact) mass is 208 g/mol. The van der Waals surface area contributed by atoms with Gasteiger partial charge in [0.1, 0.15) is 18.0 Å². The van der Waals surface area contributed by atoms with Gasteiger partial charge < -0.3 is 11.1 Å². The Morgan fingerprint density at radius 3 is 2.53 bits per heavy atom. The van der Waals surface area contributed by atoms with Crippen LogP contribution in [0.15, 0.2) is 6.33 Å². The maximum Gasteiger partial charge on any atom is 0.135 e. The van der Waals surface area contributed by atoms with Crippen molar-refractivity contribution >= 4 is 11.6 Å². The fraction of sp³-hybridized carbons (Fsp3) is 0.636. The third-order valence-corrected chi connectivity index (χ3v) is 1.97. The molecule has 0 fully saturated rings. The molecule has 0 aliphatic rings. The maximum atomic E-state index is 5.84. The lowest BCUT2D eigenvalue weighted by atomic mass is 10.1. The Kier molecular flexibility index (Phi) is 3.50. The molecule has 0 saturated heterocycles. The molecule has 0 saturated carbocycles. The molecule has 0 radical (unpaired) electrons. The summed E-state index contributed by atoms with van der Waals surface area (Å²) in [6.45, 7) is 8.41. The Morgan fingerprint density at radius 1 is 1.33 bits per heavy atom. The zero-order valence-electron chi connectivity index (χ0n) is 9.96. The number of hydrogen-bond donors (Lipinski definition) is 2. The quantitative estimate of drug-likeness (QED) is 0.799. The van der Waals surface area contributed by atoms with E-state index in [9.17, 15) is 0 Å². The van der Waals surface area contributed by atoms with Gasteiger partial charge in [-0.15, -0.1) is 0 Å². The van der Waals surface area contributed by atoms with Crippen molar-refractivity contribution in [1.82, 2.24) is 9.97 Å². The van der Waals surface area contributed by atoms with E-state index >= 15 is 0 Å². The van der Waals surface area contributed by atoms with Gasteiger partial charge in [-0.2, -0.15) is 0 Å². The van der Waals surface area contributed by atoms with E-state index in [0.717, 1.165) is 24.2 Å². The van der Waals surface area contributed by atoms with E-state index in [4.69, 9.17) is 5.73 Å². The molecule has 0 aliphatic carbocycles. The topological polar surface area (TPSA) is 63.8 Å². The van der Waals surface area contributed by atoms with Crippen LogP contribution in [-0.2, 0) is 6.42 Å². The lowest BCUT2D eigenvalue weighted by Gasteiger charge is -2.23. The average Bonchev–Trinajstić information content (AvgIpc) is 2.08. The first kappa shape index (κ1) is 11.8. The van der Waals surface area contributed by atoms with E-state index < -0.39 is 0 Å². The van der Waals surface area contributed by atoms with Gasteiger partial charge in [0.15, 0.2) is 0 Å². The normalized spacial score (nSPS) is 11.5. The molecule has 15 heavy (non-hydrogen) atoms. The van der Waals surface area contributed by atoms with Crippen molar-refractivity contribution in [2.24, 2.45) is 0 Å². The Bertz CT molecular complexity index is 328. The Morgan fingerprint density at radius 2 is 2.00 bits per heavy atom. The van der Waals surface area contributed by atoms with Gasteiger partial charge in [0, 0.05) is 11.1 Å². The lowest BCUT2D eigenvalue weighted by molar-refractivity contribution is 0.628. The van der Waals surface area contributed by atoms with Gasteiger partial charge in [-0.1, -0.05) is 13.3 Å². The van der Waals surface area contributed by atoms with E-state index in [1.807, 2.05) is 0 Å². The van der Waals surface area contributed by atoms with Crippen LogP contribution in [0.4, 0.5) is 11.6 Å². The predicted molar refractivity (Wildman–Crippen MR) is 63.8 cm³/mol. The highest BCUT2D eigenvalue weighted by molar-refractivity contribution is 5.55. The summed E-state index contributed by atoms with van der Waals surface area (Å²) >= 11 is 0. The highest BCUT2D eigenvalue weighted by atomic mass is 15.1. The van der Waals surface area contributed by atoms with Crippen molar-refractivity contribution in [3.05, 3.63) is 11.9 Å². The summed E-state index contributed by atoms with van der Waals surface area (Å²) in [6.07, 6.45) is 3.45. The van der Waals surface area contributed by atoms with Crippen molar-refractivity contribution in [2.45, 2.75) is 46.1 Å². The number of aromatic nitrogens is 2. The molecule has 0 amide bonds. The van der Waals surface area contributed by atoms with E-state index in [1.165, 1.54) is 6.33 Å². The molecule has 0 aliphatic heterocycles. The summed E-state index contributed by atoms with van der Waals surface area (Å²) in [5.74, 6) is 1.44. The molecule has 0 aromatic carbocycles. The van der Waals surface area contributed by atoms with Crippen LogP contribution in [0.25, 0.3) is 0 Å². The van der Waals surface area contributed by atoms with Crippen LogP contribution in [0.1, 0.15) is 39.7 Å². The van der Waals surface area contributed by atoms with Gasteiger partial charge in [-0.3, -0.25) is 0 Å². The van der Waals surface area contributed by atoms with Crippen LogP contribution in [0, 0.1) is 0 Å². The molecule has 84 valence electrons. The van der Waals surface area contributed by atoms with Gasteiger partial charge in [-0.05, 0) is 27.2 Å². The zero-order valence-corrected chi connectivity index (χ0v) is 9.96. The Hall–Kier alpha value is -1.32. The van der Waals surface area contributed by atoms with Crippen LogP contribution in [0.3, 0.4) is 0 Å². The summed E-state index contributed by atoms with van der Waals surface area (Å²) in [7, 11) is 0. The number of hydrogen-bond acceptors (Lipinski definition) is 4. The number of nitrogens with zero attached hydrogens (tertiary/aromatic N) is 2. The molecule has 0 bridgehead atoms. The molecule has 4 heteroatoms. The second-order valence-electron chi connectivity index (χ2n) is 4.71. The van der Waals surface area contributed by atoms with Gasteiger partial charge in [0.2, 0.25) is 0 Å². The SMILES string of the molecule is CCCc1c(N)ncnc1NC(C)(C)C. The standard InChI is InChI=1S/C11H20N4/c1-5-6-8-9(12)13-7-14-10(8)15-11(2,3)4/h7H,5-6H2,1-4H3,(H3,12,13,14,15). The molecule has 1 aromatic heterocycles. The smallest absolute Gasteiger partial charge is 0.135 e. The minimum absolute atomic E-state index is 0.0106. The third-order valence-electron chi connectivity index (χ3n) is 1.97. The maximum absolute atomic E-state index is 5.84. The number of nitrogens with two attached hydrogens (primary N) is 1. The lowest BCUT2D eigenvalue weighted by Crippen LogP contribution is -2.27. The largest absolute Gasteiger partial charge is 0.383 e. The van der Waals surface area contributed by atoms with Crippen LogP contribution < -0.4 is 11.1 Å². The number of nitrogen functional groups attached to an aromatic ring is 1. The second kappa shape index (κ2) is 4.47. The van der Waals surface area contributed by atoms with Crippen molar-refractivity contribution in [2.75, 3.05) is 11.1 Å². The van der Waals surface area contributed by atoms with Crippen molar-refractivity contribution in [3.63, 3.8) is 0 Å². The molecule has 1 rings (SSSR count). The fourth-order valence-corrected chi connectivity index (χ4v) is 1.39. The van der Waals surface area contributed by atoms with Crippen molar-refractivity contribution < 1.29 is 0 Å². The summed E-state index contributed by atoms with van der Waals surface area (Å²) in [4.78, 5) is 8.26. The van der Waals surface area contributed by atoms with E-state index in [2.05, 4.69) is 43.0 Å². The Labute approximate surface area is 91.3 Å². The van der Waals surface area contributed by atoms with Gasteiger partial charge in [0.05, 0.1) is 0 Å². The first-order valence-corrected chi connectivity index (χ1v) is 5.31. The molecule has 1 aromatic rings. The number of nitrogens with one attached hydrogen (secondary N) is 1. The van der Waals surface area contributed by atoms with E-state index in [1.54, 1.807) is 0 Å². The Balaban J connectivity index is 3.00. The van der Waals surface area contributed by atoms with Gasteiger partial charge >= 0.3 is 0 Å². The summed E-state index contributed by atoms with van der Waals surface area (Å²) < 4.78 is 0. The predicted octanol–water partition coefficient (Wildman–Crippen LogP) is 2.22. The minimum Gasteiger partial charge on any atom is -0.383 e. The van der Waals surface area contributed by atoms with Crippen molar-refractivity contribution in [1.29, 1.82) is 0 Å². The summed E-state index contributed by atoms with van der Waals surface area (Å²) in [6, 6.07) is 0. The van der Waals surface area contributed by atoms with E-state index in [-0.39, 0.29) is 5.54 Å². The fourth-order valence-electron chi connectivity index (χ4n) is 1.39. The zero-order chi connectivity index (χ0) is 11.5. The molecule has 1 heterocycles. The molecule has 4 nitrogen and oxygen atoms in total. The van der Waals surface area contributed by atoms with Crippen LogP contribution >= 0.6 is 0 Å². The minimum atomic E-state index is -0.0106. The highest BCUT2D eigenvalue weighted by Crippen LogP contribution is 2.21. The first-order valence-electron chi connectivity index (χ1n) is 5.31. The first-order chi connectivity index (χ1) is 6.94. The van der Waals surface area contributed by atoms with Gasteiger partial charge in [0.25, 0.3) is 0 Å². The number of anilines is 2.